The Balaban J connectivity index is 1.71. The van der Waals surface area contributed by atoms with Gasteiger partial charge in [0.25, 0.3) is 0 Å². The molecule has 1 amide bonds. The van der Waals surface area contributed by atoms with Crippen LogP contribution in [0.4, 0.5) is 5.13 Å². The Kier molecular flexibility index (Phi) is 3.15. The fraction of sp³-hybridized carbons (Fsp3) is 0.667. The smallest absolute Gasteiger partial charge is 0.216 e. The molecule has 0 bridgehead atoms. The lowest BCUT2D eigenvalue weighted by atomic mass is 10.4. The van der Waals surface area contributed by atoms with Crippen LogP contribution in [-0.2, 0) is 4.79 Å². The van der Waals surface area contributed by atoms with Gasteiger partial charge in [0.05, 0.1) is 0 Å². The summed E-state index contributed by atoms with van der Waals surface area (Å²) in [5.74, 6) is 1.57. The van der Waals surface area contributed by atoms with Crippen molar-refractivity contribution in [1.82, 2.24) is 14.7 Å². The molecule has 0 radical (unpaired) electrons. The van der Waals surface area contributed by atoms with E-state index in [9.17, 15) is 4.79 Å². The third-order valence-corrected chi connectivity index (χ3v) is 2.85. The second kappa shape index (κ2) is 4.57. The van der Waals surface area contributed by atoms with Crippen LogP contribution in [0.3, 0.4) is 0 Å². The Morgan fingerprint density at radius 3 is 3.00 bits per heavy atom. The minimum absolute atomic E-state index is 0.00673. The highest BCUT2D eigenvalue weighted by Gasteiger charge is 2.27. The molecule has 15 heavy (non-hydrogen) atoms. The van der Waals surface area contributed by atoms with Crippen LogP contribution in [0.25, 0.3) is 0 Å². The molecule has 0 unspecified atom stereocenters. The summed E-state index contributed by atoms with van der Waals surface area (Å²) >= 11 is 1.39. The predicted molar refractivity (Wildman–Crippen MR) is 59.1 cm³/mol. The first-order chi connectivity index (χ1) is 7.25. The molecule has 1 aromatic heterocycles. The first-order valence-corrected chi connectivity index (χ1v) is 5.85. The highest BCUT2D eigenvalue weighted by atomic mass is 32.1. The molecular weight excluding hydrogens is 212 g/mol. The summed E-state index contributed by atoms with van der Waals surface area (Å²) in [5.41, 5.74) is 0. The van der Waals surface area contributed by atoms with Crippen LogP contribution in [0, 0.1) is 0 Å². The molecule has 0 saturated heterocycles. The summed E-state index contributed by atoms with van der Waals surface area (Å²) in [6.45, 7) is 2.82. The van der Waals surface area contributed by atoms with E-state index in [4.69, 9.17) is 0 Å². The Morgan fingerprint density at radius 1 is 1.53 bits per heavy atom. The molecule has 0 aromatic carbocycles. The SMILES string of the molecule is CC(=O)NCCNc1nc(C2CC2)ns1. The summed E-state index contributed by atoms with van der Waals surface area (Å²) in [7, 11) is 0. The van der Waals surface area contributed by atoms with Crippen LogP contribution in [0.5, 0.6) is 0 Å². The lowest BCUT2D eigenvalue weighted by Crippen LogP contribution is -2.26. The van der Waals surface area contributed by atoms with E-state index in [1.807, 2.05) is 0 Å². The van der Waals surface area contributed by atoms with Crippen molar-refractivity contribution in [3.05, 3.63) is 5.82 Å². The third-order valence-electron chi connectivity index (χ3n) is 2.16. The van der Waals surface area contributed by atoms with E-state index in [1.165, 1.54) is 31.3 Å². The predicted octanol–water partition coefficient (Wildman–Crippen LogP) is 0.963. The van der Waals surface area contributed by atoms with Gasteiger partial charge in [-0.3, -0.25) is 4.79 Å². The molecule has 0 atom stereocenters. The third kappa shape index (κ3) is 3.16. The van der Waals surface area contributed by atoms with E-state index < -0.39 is 0 Å². The van der Waals surface area contributed by atoms with Crippen molar-refractivity contribution in [2.24, 2.45) is 0 Å². The molecule has 82 valence electrons. The van der Waals surface area contributed by atoms with Gasteiger partial charge in [-0.05, 0) is 12.8 Å². The zero-order valence-electron chi connectivity index (χ0n) is 8.62. The van der Waals surface area contributed by atoms with Gasteiger partial charge in [0, 0.05) is 37.5 Å². The number of carbonyl (C=O) groups excluding carboxylic acids is 1. The van der Waals surface area contributed by atoms with E-state index in [-0.39, 0.29) is 5.91 Å². The number of nitrogens with zero attached hydrogens (tertiary/aromatic N) is 2. The fourth-order valence-electron chi connectivity index (χ4n) is 1.22. The maximum absolute atomic E-state index is 10.6. The number of nitrogens with one attached hydrogen (secondary N) is 2. The Bertz CT molecular complexity index is 348. The molecule has 1 saturated carbocycles. The quantitative estimate of drug-likeness (QED) is 0.734. The lowest BCUT2D eigenvalue weighted by molar-refractivity contribution is -0.118. The largest absolute Gasteiger partial charge is 0.359 e. The minimum atomic E-state index is -0.00673. The number of anilines is 1. The zero-order valence-corrected chi connectivity index (χ0v) is 9.43. The van der Waals surface area contributed by atoms with Crippen LogP contribution < -0.4 is 10.6 Å². The van der Waals surface area contributed by atoms with Crippen molar-refractivity contribution in [2.75, 3.05) is 18.4 Å². The molecule has 1 aliphatic rings. The number of hydrogen-bond acceptors (Lipinski definition) is 5. The Hall–Kier alpha value is -1.17. The Labute approximate surface area is 92.5 Å². The van der Waals surface area contributed by atoms with Gasteiger partial charge in [0.15, 0.2) is 0 Å². The molecule has 1 aliphatic carbocycles. The van der Waals surface area contributed by atoms with Crippen molar-refractivity contribution in [3.8, 4) is 0 Å². The van der Waals surface area contributed by atoms with Crippen molar-refractivity contribution in [3.63, 3.8) is 0 Å². The number of rotatable bonds is 5. The highest BCUT2D eigenvalue weighted by Crippen LogP contribution is 2.39. The molecule has 0 aliphatic heterocycles. The standard InChI is InChI=1S/C9H14N4OS/c1-6(14)10-4-5-11-9-12-8(13-15-9)7-2-3-7/h7H,2-5H2,1H3,(H,10,14)(H,11,12,13). The van der Waals surface area contributed by atoms with Crippen LogP contribution in [-0.4, -0.2) is 28.4 Å². The summed E-state index contributed by atoms with van der Waals surface area (Å²) in [6, 6.07) is 0. The van der Waals surface area contributed by atoms with Crippen LogP contribution in [0.2, 0.25) is 0 Å². The monoisotopic (exact) mass is 226 g/mol. The summed E-state index contributed by atoms with van der Waals surface area (Å²) in [5, 5.41) is 6.70. The fourth-order valence-corrected chi connectivity index (χ4v) is 1.89. The molecule has 1 fully saturated rings. The zero-order chi connectivity index (χ0) is 10.7. The molecule has 2 N–H and O–H groups in total. The van der Waals surface area contributed by atoms with Gasteiger partial charge in [0.2, 0.25) is 11.0 Å². The maximum atomic E-state index is 10.6. The van der Waals surface area contributed by atoms with E-state index in [2.05, 4.69) is 20.0 Å². The summed E-state index contributed by atoms with van der Waals surface area (Å²) < 4.78 is 4.27. The number of hydrogen-bond donors (Lipinski definition) is 2. The first kappa shape index (κ1) is 10.4. The molecule has 5 nitrogen and oxygen atoms in total. The lowest BCUT2D eigenvalue weighted by Gasteiger charge is -2.01. The van der Waals surface area contributed by atoms with Gasteiger partial charge < -0.3 is 10.6 Å². The van der Waals surface area contributed by atoms with E-state index in [0.717, 1.165) is 11.0 Å². The van der Waals surface area contributed by atoms with E-state index in [0.29, 0.717) is 19.0 Å². The summed E-state index contributed by atoms with van der Waals surface area (Å²) in [4.78, 5) is 15.0. The molecule has 0 spiro atoms. The molecule has 6 heteroatoms. The van der Waals surface area contributed by atoms with Gasteiger partial charge >= 0.3 is 0 Å². The van der Waals surface area contributed by atoms with Gasteiger partial charge in [-0.15, -0.1) is 0 Å². The van der Waals surface area contributed by atoms with Crippen molar-refractivity contribution in [1.29, 1.82) is 0 Å². The van der Waals surface area contributed by atoms with E-state index >= 15 is 0 Å². The average molecular weight is 226 g/mol. The molecular formula is C9H14N4OS. The van der Waals surface area contributed by atoms with Crippen LogP contribution in [0.1, 0.15) is 31.5 Å². The van der Waals surface area contributed by atoms with Gasteiger partial charge in [0.1, 0.15) is 5.82 Å². The van der Waals surface area contributed by atoms with Crippen molar-refractivity contribution >= 4 is 22.6 Å². The van der Waals surface area contributed by atoms with Gasteiger partial charge in [-0.25, -0.2) is 4.98 Å². The normalized spacial score (nSPS) is 15.0. The summed E-state index contributed by atoms with van der Waals surface area (Å²) in [6.07, 6.45) is 2.45. The minimum Gasteiger partial charge on any atom is -0.359 e. The van der Waals surface area contributed by atoms with Gasteiger partial charge in [-0.2, -0.15) is 4.37 Å². The second-order valence-corrected chi connectivity index (χ2v) is 4.39. The molecule has 2 rings (SSSR count). The van der Waals surface area contributed by atoms with Crippen molar-refractivity contribution < 1.29 is 4.79 Å². The maximum Gasteiger partial charge on any atom is 0.216 e. The Morgan fingerprint density at radius 2 is 2.33 bits per heavy atom. The average Bonchev–Trinajstić information content (AvgIpc) is 2.94. The van der Waals surface area contributed by atoms with E-state index in [1.54, 1.807) is 0 Å². The first-order valence-electron chi connectivity index (χ1n) is 5.07. The van der Waals surface area contributed by atoms with Crippen LogP contribution >= 0.6 is 11.5 Å². The number of amides is 1. The topological polar surface area (TPSA) is 66.9 Å². The van der Waals surface area contributed by atoms with Gasteiger partial charge in [-0.1, -0.05) is 0 Å². The number of carbonyl (C=O) groups is 1. The second-order valence-electron chi connectivity index (χ2n) is 3.64. The molecule has 1 aromatic rings. The molecule has 1 heterocycles. The van der Waals surface area contributed by atoms with Crippen molar-refractivity contribution in [2.45, 2.75) is 25.7 Å². The highest BCUT2D eigenvalue weighted by molar-refractivity contribution is 7.09. The number of aromatic nitrogens is 2. The van der Waals surface area contributed by atoms with Crippen LogP contribution in [0.15, 0.2) is 0 Å².